The lowest BCUT2D eigenvalue weighted by atomic mass is 10.2. The maximum Gasteiger partial charge on any atom is 0.283 e. The van der Waals surface area contributed by atoms with Crippen LogP contribution in [0.1, 0.15) is 20.9 Å². The number of ether oxygens (including phenoxy) is 1. The molecule has 6 nitrogen and oxygen atoms in total. The zero-order valence-electron chi connectivity index (χ0n) is 13.3. The molecule has 2 aromatic heterocycles. The van der Waals surface area contributed by atoms with Crippen molar-refractivity contribution in [3.05, 3.63) is 45.6 Å². The van der Waals surface area contributed by atoms with Gasteiger partial charge in [0, 0.05) is 28.4 Å². The van der Waals surface area contributed by atoms with Crippen LogP contribution in [0.2, 0.25) is 5.02 Å². The summed E-state index contributed by atoms with van der Waals surface area (Å²) in [5, 5.41) is 9.33. The second kappa shape index (κ2) is 6.62. The first-order valence-electron chi connectivity index (χ1n) is 7.09. The molecule has 0 aliphatic heterocycles. The third-order valence-electron chi connectivity index (χ3n) is 3.69. The van der Waals surface area contributed by atoms with Crippen molar-refractivity contribution in [3.63, 3.8) is 0 Å². The van der Waals surface area contributed by atoms with Gasteiger partial charge in [-0.05, 0) is 25.1 Å². The van der Waals surface area contributed by atoms with Crippen LogP contribution >= 0.6 is 22.9 Å². The second-order valence-corrected chi connectivity index (χ2v) is 6.55. The molecule has 8 heteroatoms. The molecular weight excluding hydrogens is 348 g/mol. The monoisotopic (exact) mass is 362 g/mol. The van der Waals surface area contributed by atoms with E-state index in [1.165, 1.54) is 11.3 Å². The van der Waals surface area contributed by atoms with Crippen molar-refractivity contribution in [2.45, 2.75) is 6.92 Å². The van der Waals surface area contributed by atoms with E-state index in [9.17, 15) is 4.79 Å². The summed E-state index contributed by atoms with van der Waals surface area (Å²) in [5.41, 5.74) is 4.30. The van der Waals surface area contributed by atoms with Crippen LogP contribution in [0.5, 0.6) is 5.75 Å². The minimum absolute atomic E-state index is 0.349. The third kappa shape index (κ3) is 3.00. The Labute approximate surface area is 147 Å². The first kappa shape index (κ1) is 16.5. The lowest BCUT2D eigenvalue weighted by Gasteiger charge is -1.98. The minimum atomic E-state index is -0.349. The van der Waals surface area contributed by atoms with Crippen LogP contribution in [0.15, 0.2) is 29.5 Å². The van der Waals surface area contributed by atoms with E-state index in [4.69, 9.17) is 16.3 Å². The number of nitrogens with zero attached hydrogens (tertiary/aromatic N) is 3. The van der Waals surface area contributed by atoms with Gasteiger partial charge in [-0.3, -0.25) is 9.48 Å². The molecule has 0 spiro atoms. The van der Waals surface area contributed by atoms with Crippen LogP contribution in [0, 0.1) is 6.92 Å². The number of carbonyl (C=O) groups excluding carboxylic acids is 1. The number of nitrogens with one attached hydrogen (secondary N) is 1. The Hall–Kier alpha value is -2.38. The second-order valence-electron chi connectivity index (χ2n) is 5.12. The number of aryl methyl sites for hydroxylation is 1. The summed E-state index contributed by atoms with van der Waals surface area (Å²) in [4.78, 5) is 12.7. The van der Waals surface area contributed by atoms with Crippen LogP contribution in [0.25, 0.3) is 10.1 Å². The number of hydrazone groups is 1. The molecule has 1 aromatic carbocycles. The Kier molecular flexibility index (Phi) is 4.55. The number of aromatic nitrogens is 2. The number of carbonyl (C=O) groups is 1. The Morgan fingerprint density at radius 3 is 2.96 bits per heavy atom. The molecular formula is C16H15ClN4O2S. The van der Waals surface area contributed by atoms with Crippen molar-refractivity contribution in [3.8, 4) is 5.75 Å². The number of rotatable bonds is 4. The normalized spacial score (nSPS) is 11.3. The van der Waals surface area contributed by atoms with Crippen LogP contribution in [-0.2, 0) is 7.05 Å². The van der Waals surface area contributed by atoms with Crippen molar-refractivity contribution in [2.24, 2.45) is 12.1 Å². The van der Waals surface area contributed by atoms with Crippen LogP contribution < -0.4 is 10.2 Å². The molecule has 2 heterocycles. The molecule has 0 aliphatic carbocycles. The van der Waals surface area contributed by atoms with Crippen molar-refractivity contribution in [2.75, 3.05) is 7.11 Å². The zero-order chi connectivity index (χ0) is 17.3. The van der Waals surface area contributed by atoms with Crippen molar-refractivity contribution in [1.82, 2.24) is 15.2 Å². The number of hydrogen-bond acceptors (Lipinski definition) is 5. The summed E-state index contributed by atoms with van der Waals surface area (Å²) >= 11 is 7.62. The van der Waals surface area contributed by atoms with Crippen molar-refractivity contribution < 1.29 is 9.53 Å². The Morgan fingerprint density at radius 1 is 1.50 bits per heavy atom. The molecule has 24 heavy (non-hydrogen) atoms. The molecule has 3 aromatic rings. The van der Waals surface area contributed by atoms with Gasteiger partial charge in [-0.2, -0.15) is 10.2 Å². The van der Waals surface area contributed by atoms with E-state index in [0.29, 0.717) is 9.90 Å². The molecule has 0 fully saturated rings. The lowest BCUT2D eigenvalue weighted by molar-refractivity contribution is 0.0959. The maximum absolute atomic E-state index is 12.3. The molecule has 1 N–H and O–H groups in total. The standard InChI is InChI=1S/C16H15ClN4O2S/c1-9-10(8-19-21(9)2)7-18-20-16(22)15-14(17)12-5-4-11(23-3)6-13(12)24-15/h4-8H,1-3H3,(H,20,22). The number of halogens is 1. The van der Waals surface area contributed by atoms with Gasteiger partial charge in [0.25, 0.3) is 5.91 Å². The highest BCUT2D eigenvalue weighted by Gasteiger charge is 2.17. The summed E-state index contributed by atoms with van der Waals surface area (Å²) in [6.07, 6.45) is 3.24. The number of hydrogen-bond donors (Lipinski definition) is 1. The third-order valence-corrected chi connectivity index (χ3v) is 5.34. The largest absolute Gasteiger partial charge is 0.497 e. The van der Waals surface area contributed by atoms with E-state index in [1.807, 2.05) is 32.2 Å². The molecule has 1 amide bonds. The molecule has 0 radical (unpaired) electrons. The van der Waals surface area contributed by atoms with Gasteiger partial charge < -0.3 is 4.74 Å². The van der Waals surface area contributed by atoms with Gasteiger partial charge in [-0.25, -0.2) is 5.43 Å². The zero-order valence-corrected chi connectivity index (χ0v) is 14.9. The summed E-state index contributed by atoms with van der Waals surface area (Å²) in [7, 11) is 3.44. The highest BCUT2D eigenvalue weighted by atomic mass is 35.5. The van der Waals surface area contributed by atoms with Gasteiger partial charge in [-0.15, -0.1) is 11.3 Å². The van der Waals surface area contributed by atoms with E-state index in [2.05, 4.69) is 15.6 Å². The predicted molar refractivity (Wildman–Crippen MR) is 96.4 cm³/mol. The fraction of sp³-hybridized carbons (Fsp3) is 0.188. The SMILES string of the molecule is COc1ccc2c(Cl)c(C(=O)NN=Cc3cnn(C)c3C)sc2c1. The van der Waals surface area contributed by atoms with Gasteiger partial charge >= 0.3 is 0 Å². The number of amides is 1. The molecule has 0 saturated heterocycles. The average Bonchev–Trinajstić information content (AvgIpc) is 3.08. The number of fused-ring (bicyclic) bond motifs is 1. The van der Waals surface area contributed by atoms with Crippen LogP contribution in [-0.4, -0.2) is 29.0 Å². The lowest BCUT2D eigenvalue weighted by Crippen LogP contribution is -2.16. The van der Waals surface area contributed by atoms with E-state index >= 15 is 0 Å². The van der Waals surface area contributed by atoms with Gasteiger partial charge in [0.1, 0.15) is 10.6 Å². The Morgan fingerprint density at radius 2 is 2.29 bits per heavy atom. The quantitative estimate of drug-likeness (QED) is 0.571. The van der Waals surface area contributed by atoms with Crippen molar-refractivity contribution >= 4 is 45.1 Å². The number of methoxy groups -OCH3 is 1. The molecule has 3 rings (SSSR count). The van der Waals surface area contributed by atoms with Gasteiger partial charge in [0.15, 0.2) is 0 Å². The summed E-state index contributed by atoms with van der Waals surface area (Å²) < 4.78 is 7.81. The summed E-state index contributed by atoms with van der Waals surface area (Å²) in [6.45, 7) is 1.92. The van der Waals surface area contributed by atoms with Gasteiger partial charge in [-0.1, -0.05) is 11.6 Å². The Bertz CT molecular complexity index is 945. The highest BCUT2D eigenvalue weighted by molar-refractivity contribution is 7.21. The van der Waals surface area contributed by atoms with E-state index < -0.39 is 0 Å². The minimum Gasteiger partial charge on any atom is -0.497 e. The molecule has 0 saturated carbocycles. The number of benzene rings is 1. The van der Waals surface area contributed by atoms with Crippen molar-refractivity contribution in [1.29, 1.82) is 0 Å². The van der Waals surface area contributed by atoms with E-state index in [0.717, 1.165) is 27.1 Å². The maximum atomic E-state index is 12.3. The van der Waals surface area contributed by atoms with Crippen LogP contribution in [0.3, 0.4) is 0 Å². The first-order valence-corrected chi connectivity index (χ1v) is 8.28. The smallest absolute Gasteiger partial charge is 0.283 e. The van der Waals surface area contributed by atoms with E-state index in [1.54, 1.807) is 24.2 Å². The van der Waals surface area contributed by atoms with Crippen LogP contribution in [0.4, 0.5) is 0 Å². The molecule has 0 unspecified atom stereocenters. The average molecular weight is 363 g/mol. The molecule has 0 aliphatic rings. The fourth-order valence-corrected chi connectivity index (χ4v) is 3.61. The summed E-state index contributed by atoms with van der Waals surface area (Å²) in [5.74, 6) is 0.371. The van der Waals surface area contributed by atoms with Gasteiger partial charge in [0.05, 0.1) is 24.5 Å². The highest BCUT2D eigenvalue weighted by Crippen LogP contribution is 2.37. The Balaban J connectivity index is 1.81. The molecule has 124 valence electrons. The van der Waals surface area contributed by atoms with E-state index in [-0.39, 0.29) is 5.91 Å². The topological polar surface area (TPSA) is 68.5 Å². The molecule has 0 atom stereocenters. The fourth-order valence-electron chi connectivity index (χ4n) is 2.17. The molecule has 0 bridgehead atoms. The first-order chi connectivity index (χ1) is 11.5. The van der Waals surface area contributed by atoms with Gasteiger partial charge in [0.2, 0.25) is 0 Å². The number of thiophene rings is 1. The summed E-state index contributed by atoms with van der Waals surface area (Å²) in [6, 6.07) is 5.50. The predicted octanol–water partition coefficient (Wildman–Crippen LogP) is 3.37.